The topological polar surface area (TPSA) is 32.3 Å². The Balaban J connectivity index is 1.44. The van der Waals surface area contributed by atoms with Crippen LogP contribution in [0.25, 0.3) is 10.8 Å². The van der Waals surface area contributed by atoms with E-state index in [-0.39, 0.29) is 11.8 Å². The monoisotopic (exact) mass is 372 g/mol. The number of hydrogen-bond donors (Lipinski definition) is 1. The van der Waals surface area contributed by atoms with Crippen molar-refractivity contribution in [3.63, 3.8) is 0 Å². The highest BCUT2D eigenvalue weighted by atomic mass is 16.1. The van der Waals surface area contributed by atoms with Crippen LogP contribution in [0.5, 0.6) is 0 Å². The fourth-order valence-corrected chi connectivity index (χ4v) is 4.27. The van der Waals surface area contributed by atoms with E-state index in [4.69, 9.17) is 0 Å². The average molecular weight is 373 g/mol. The third-order valence-electron chi connectivity index (χ3n) is 5.81. The van der Waals surface area contributed by atoms with Gasteiger partial charge in [0.2, 0.25) is 5.91 Å². The second-order valence-corrected chi connectivity index (χ2v) is 7.71. The summed E-state index contributed by atoms with van der Waals surface area (Å²) in [6.45, 7) is 4.90. The van der Waals surface area contributed by atoms with Crippen molar-refractivity contribution in [2.45, 2.75) is 32.7 Å². The van der Waals surface area contributed by atoms with E-state index in [0.717, 1.165) is 44.6 Å². The molecule has 144 valence electrons. The zero-order chi connectivity index (χ0) is 19.3. The van der Waals surface area contributed by atoms with Crippen molar-refractivity contribution in [3.8, 4) is 0 Å². The summed E-state index contributed by atoms with van der Waals surface area (Å²) in [5.41, 5.74) is 3.50. The minimum Gasteiger partial charge on any atom is -0.326 e. The maximum atomic E-state index is 12.9. The van der Waals surface area contributed by atoms with Crippen LogP contribution < -0.4 is 5.32 Å². The van der Waals surface area contributed by atoms with Crippen molar-refractivity contribution in [2.24, 2.45) is 5.92 Å². The molecular formula is C25H28N2O. The van der Waals surface area contributed by atoms with Crippen LogP contribution in [0.1, 0.15) is 30.9 Å². The van der Waals surface area contributed by atoms with E-state index in [0.29, 0.717) is 0 Å². The van der Waals surface area contributed by atoms with E-state index in [2.05, 4.69) is 65.7 Å². The number of carbonyl (C=O) groups excluding carboxylic acids is 1. The van der Waals surface area contributed by atoms with E-state index >= 15 is 0 Å². The fraction of sp³-hybridized carbons (Fsp3) is 0.320. The molecule has 3 aromatic carbocycles. The Kier molecular flexibility index (Phi) is 5.73. The first-order valence-electron chi connectivity index (χ1n) is 10.3. The lowest BCUT2D eigenvalue weighted by atomic mass is 9.95. The third kappa shape index (κ3) is 4.10. The molecule has 1 saturated heterocycles. The number of piperidine rings is 1. The number of amides is 1. The molecule has 3 aromatic rings. The average Bonchev–Trinajstić information content (AvgIpc) is 2.74. The molecule has 1 N–H and O–H groups in total. The van der Waals surface area contributed by atoms with Gasteiger partial charge < -0.3 is 5.32 Å². The lowest BCUT2D eigenvalue weighted by Gasteiger charge is -2.32. The molecule has 28 heavy (non-hydrogen) atoms. The summed E-state index contributed by atoms with van der Waals surface area (Å²) in [6.07, 6.45) is 2.96. The molecule has 0 aliphatic carbocycles. The van der Waals surface area contributed by atoms with Gasteiger partial charge in [-0.3, -0.25) is 9.69 Å². The molecule has 1 fully saturated rings. The molecule has 1 amide bonds. The fourth-order valence-electron chi connectivity index (χ4n) is 4.27. The summed E-state index contributed by atoms with van der Waals surface area (Å²) in [7, 11) is 0. The molecule has 1 atom stereocenters. The van der Waals surface area contributed by atoms with Crippen LogP contribution >= 0.6 is 0 Å². The number of hydrogen-bond acceptors (Lipinski definition) is 2. The second kappa shape index (κ2) is 8.57. The quantitative estimate of drug-likeness (QED) is 0.663. The van der Waals surface area contributed by atoms with Crippen molar-refractivity contribution >= 4 is 22.4 Å². The highest BCUT2D eigenvalue weighted by molar-refractivity contribution is 5.93. The van der Waals surface area contributed by atoms with Gasteiger partial charge in [-0.2, -0.15) is 0 Å². The summed E-state index contributed by atoms with van der Waals surface area (Å²) in [6, 6.07) is 23.2. The normalized spacial score (nSPS) is 17.5. The van der Waals surface area contributed by atoms with Crippen molar-refractivity contribution in [3.05, 3.63) is 77.9 Å². The van der Waals surface area contributed by atoms with Gasteiger partial charge in [0.05, 0.1) is 5.92 Å². The summed E-state index contributed by atoms with van der Waals surface area (Å²) in [4.78, 5) is 15.3. The van der Waals surface area contributed by atoms with Gasteiger partial charge in [0, 0.05) is 18.8 Å². The van der Waals surface area contributed by atoms with Gasteiger partial charge in [0.1, 0.15) is 0 Å². The Morgan fingerprint density at radius 3 is 2.64 bits per heavy atom. The standard InChI is InChI=1S/C25H28N2O/c1-2-19-9-4-6-15-24(19)26-25(28)22-13-8-16-27(18-22)17-21-12-7-11-20-10-3-5-14-23(20)21/h3-7,9-12,14-15,22H,2,8,13,16-18H2,1H3,(H,26,28). The molecule has 3 nitrogen and oxygen atoms in total. The zero-order valence-electron chi connectivity index (χ0n) is 16.5. The second-order valence-electron chi connectivity index (χ2n) is 7.71. The number of likely N-dealkylation sites (tertiary alicyclic amines) is 1. The molecule has 0 spiro atoms. The highest BCUT2D eigenvalue weighted by Gasteiger charge is 2.26. The molecule has 1 aliphatic heterocycles. The number of nitrogens with one attached hydrogen (secondary N) is 1. The lowest BCUT2D eigenvalue weighted by Crippen LogP contribution is -2.40. The zero-order valence-corrected chi connectivity index (χ0v) is 16.5. The Labute approximate surface area is 167 Å². The molecule has 1 aliphatic rings. The van der Waals surface area contributed by atoms with E-state index in [9.17, 15) is 4.79 Å². The van der Waals surface area contributed by atoms with Crippen LogP contribution in [-0.2, 0) is 17.8 Å². The van der Waals surface area contributed by atoms with Crippen molar-refractivity contribution in [2.75, 3.05) is 18.4 Å². The Bertz CT molecular complexity index is 960. The van der Waals surface area contributed by atoms with Gasteiger partial charge in [-0.15, -0.1) is 0 Å². The van der Waals surface area contributed by atoms with Crippen molar-refractivity contribution in [1.29, 1.82) is 0 Å². The predicted octanol–water partition coefficient (Wildman–Crippen LogP) is 5.25. The molecule has 1 unspecified atom stereocenters. The third-order valence-corrected chi connectivity index (χ3v) is 5.81. The predicted molar refractivity (Wildman–Crippen MR) is 116 cm³/mol. The van der Waals surface area contributed by atoms with Gasteiger partial charge in [-0.05, 0) is 53.8 Å². The van der Waals surface area contributed by atoms with E-state index in [1.807, 2.05) is 18.2 Å². The first-order chi connectivity index (χ1) is 13.7. The lowest BCUT2D eigenvalue weighted by molar-refractivity contribution is -0.121. The summed E-state index contributed by atoms with van der Waals surface area (Å²) < 4.78 is 0. The Morgan fingerprint density at radius 2 is 1.75 bits per heavy atom. The van der Waals surface area contributed by atoms with Crippen molar-refractivity contribution in [1.82, 2.24) is 4.90 Å². The number of aryl methyl sites for hydroxylation is 1. The number of para-hydroxylation sites is 1. The molecule has 0 radical (unpaired) electrons. The van der Waals surface area contributed by atoms with Crippen LogP contribution in [0.4, 0.5) is 5.69 Å². The van der Waals surface area contributed by atoms with Crippen LogP contribution in [0.15, 0.2) is 66.7 Å². The Hall–Kier alpha value is -2.65. The first kappa shape index (κ1) is 18.7. The summed E-state index contributed by atoms with van der Waals surface area (Å²) in [5, 5.41) is 5.77. The van der Waals surface area contributed by atoms with E-state index in [1.54, 1.807) is 0 Å². The van der Waals surface area contributed by atoms with Gasteiger partial charge >= 0.3 is 0 Å². The van der Waals surface area contributed by atoms with Gasteiger partial charge in [-0.25, -0.2) is 0 Å². The number of carbonyl (C=O) groups is 1. The molecule has 0 bridgehead atoms. The van der Waals surface area contributed by atoms with Gasteiger partial charge in [-0.1, -0.05) is 67.6 Å². The number of fused-ring (bicyclic) bond motifs is 1. The van der Waals surface area contributed by atoms with Crippen molar-refractivity contribution < 1.29 is 4.79 Å². The van der Waals surface area contributed by atoms with Gasteiger partial charge in [0.15, 0.2) is 0 Å². The largest absolute Gasteiger partial charge is 0.326 e. The van der Waals surface area contributed by atoms with Crippen LogP contribution in [0, 0.1) is 5.92 Å². The van der Waals surface area contributed by atoms with Gasteiger partial charge in [0.25, 0.3) is 0 Å². The molecule has 0 saturated carbocycles. The van der Waals surface area contributed by atoms with Crippen LogP contribution in [0.3, 0.4) is 0 Å². The van der Waals surface area contributed by atoms with E-state index in [1.165, 1.54) is 21.9 Å². The number of anilines is 1. The minimum atomic E-state index is 0.0497. The number of rotatable bonds is 5. The Morgan fingerprint density at radius 1 is 1.00 bits per heavy atom. The molecular weight excluding hydrogens is 344 g/mol. The smallest absolute Gasteiger partial charge is 0.228 e. The van der Waals surface area contributed by atoms with Crippen LogP contribution in [-0.4, -0.2) is 23.9 Å². The first-order valence-corrected chi connectivity index (χ1v) is 10.3. The summed E-state index contributed by atoms with van der Waals surface area (Å²) in [5.74, 6) is 0.206. The maximum absolute atomic E-state index is 12.9. The molecule has 1 heterocycles. The SMILES string of the molecule is CCc1ccccc1NC(=O)C1CCCN(Cc2cccc3ccccc23)C1. The summed E-state index contributed by atoms with van der Waals surface area (Å²) >= 11 is 0. The molecule has 3 heteroatoms. The minimum absolute atomic E-state index is 0.0497. The molecule has 0 aromatic heterocycles. The highest BCUT2D eigenvalue weighted by Crippen LogP contribution is 2.25. The van der Waals surface area contributed by atoms with E-state index < -0.39 is 0 Å². The number of benzene rings is 3. The number of nitrogens with zero attached hydrogens (tertiary/aromatic N) is 1. The molecule has 4 rings (SSSR count). The maximum Gasteiger partial charge on any atom is 0.228 e. The van der Waals surface area contributed by atoms with Crippen LogP contribution in [0.2, 0.25) is 0 Å².